The summed E-state index contributed by atoms with van der Waals surface area (Å²) < 4.78 is 0. The summed E-state index contributed by atoms with van der Waals surface area (Å²) >= 11 is 0. The third kappa shape index (κ3) is 4.54. The van der Waals surface area contributed by atoms with Crippen molar-refractivity contribution in [1.82, 2.24) is 0 Å². The summed E-state index contributed by atoms with van der Waals surface area (Å²) in [6.45, 7) is 10.5. The first-order chi connectivity index (χ1) is 29.2. The highest BCUT2D eigenvalue weighted by molar-refractivity contribution is 5.94. The number of rotatable bonds is 2. The average molecular weight is 773 g/mol. The largest absolute Gasteiger partial charge is 0.340 e. The molecule has 7 aromatic rings. The van der Waals surface area contributed by atoms with Crippen LogP contribution in [-0.2, 0) is 16.2 Å². The summed E-state index contributed by atoms with van der Waals surface area (Å²) in [5.41, 5.74) is 19.8. The molecule has 12 rings (SSSR count). The van der Waals surface area contributed by atoms with E-state index in [2.05, 4.69) is 232 Å². The van der Waals surface area contributed by atoms with E-state index in [-0.39, 0.29) is 16.2 Å². The average Bonchev–Trinajstić information content (AvgIpc) is 3.50. The summed E-state index contributed by atoms with van der Waals surface area (Å²) in [6, 6.07) is 60.1. The second kappa shape index (κ2) is 12.4. The number of hydrogen-bond acceptors (Lipinski definition) is 2. The smallest absolute Gasteiger partial charge is 0.0726 e. The first-order valence-corrected chi connectivity index (χ1v) is 21.6. The Morgan fingerprint density at radius 2 is 0.950 bits per heavy atom. The quantitative estimate of drug-likeness (QED) is 0.173. The zero-order chi connectivity index (χ0) is 40.4. The van der Waals surface area contributed by atoms with Crippen molar-refractivity contribution in [3.8, 4) is 11.1 Å². The van der Waals surface area contributed by atoms with Crippen LogP contribution in [0.15, 0.2) is 182 Å². The van der Waals surface area contributed by atoms with E-state index in [1.807, 2.05) is 0 Å². The highest BCUT2D eigenvalue weighted by Gasteiger charge is 2.52. The lowest BCUT2D eigenvalue weighted by Crippen LogP contribution is -2.52. The summed E-state index contributed by atoms with van der Waals surface area (Å²) in [7, 11) is 0. The molecule has 0 amide bonds. The molecule has 5 aliphatic rings. The summed E-state index contributed by atoms with van der Waals surface area (Å²) in [5.74, 6) is 0. The topological polar surface area (TPSA) is 6.48 Å². The van der Waals surface area contributed by atoms with Gasteiger partial charge in [0.05, 0.1) is 16.8 Å². The van der Waals surface area contributed by atoms with Gasteiger partial charge in [-0.15, -0.1) is 0 Å². The molecule has 2 aliphatic heterocycles. The van der Waals surface area contributed by atoms with Gasteiger partial charge in [0.15, 0.2) is 0 Å². The minimum atomic E-state index is -0.582. The van der Waals surface area contributed by atoms with Crippen LogP contribution >= 0.6 is 0 Å². The molecule has 1 atom stereocenters. The Kier molecular flexibility index (Phi) is 7.32. The Morgan fingerprint density at radius 1 is 0.450 bits per heavy atom. The number of allylic oxidation sites excluding steroid dienone is 3. The molecule has 0 fully saturated rings. The van der Waals surface area contributed by atoms with Gasteiger partial charge in [-0.2, -0.15) is 0 Å². The molecule has 0 aromatic heterocycles. The van der Waals surface area contributed by atoms with E-state index < -0.39 is 5.41 Å². The van der Waals surface area contributed by atoms with Crippen molar-refractivity contribution in [3.63, 3.8) is 0 Å². The summed E-state index contributed by atoms with van der Waals surface area (Å²) in [6.07, 6.45) is 15.1. The van der Waals surface area contributed by atoms with Gasteiger partial charge in [0.2, 0.25) is 0 Å². The van der Waals surface area contributed by atoms with Crippen LogP contribution in [0.3, 0.4) is 0 Å². The van der Waals surface area contributed by atoms with Crippen molar-refractivity contribution in [2.45, 2.75) is 50.4 Å². The number of fused-ring (bicyclic) bond motifs is 12. The van der Waals surface area contributed by atoms with E-state index in [9.17, 15) is 0 Å². The Bertz CT molecular complexity index is 2930. The molecule has 2 nitrogen and oxygen atoms in total. The fourth-order valence-corrected chi connectivity index (χ4v) is 12.0. The molecule has 0 saturated carbocycles. The maximum absolute atomic E-state index is 2.63. The van der Waals surface area contributed by atoms with Gasteiger partial charge < -0.3 is 9.80 Å². The fourth-order valence-electron chi connectivity index (χ4n) is 12.0. The highest BCUT2D eigenvalue weighted by Crippen LogP contribution is 2.61. The maximum atomic E-state index is 2.63. The van der Waals surface area contributed by atoms with Crippen molar-refractivity contribution in [1.29, 1.82) is 0 Å². The second-order valence-electron chi connectivity index (χ2n) is 18.6. The summed E-state index contributed by atoms with van der Waals surface area (Å²) in [5, 5.41) is 0. The van der Waals surface area contributed by atoms with Gasteiger partial charge in [-0.3, -0.25) is 0 Å². The van der Waals surface area contributed by atoms with Crippen LogP contribution in [0.25, 0.3) is 23.3 Å². The Balaban J connectivity index is 1.13. The lowest BCUT2D eigenvalue weighted by molar-refractivity contribution is 0.210. The lowest BCUT2D eigenvalue weighted by atomic mass is 9.57. The molecule has 0 radical (unpaired) electrons. The zero-order valence-corrected chi connectivity index (χ0v) is 34.8. The highest BCUT2D eigenvalue weighted by atomic mass is 15.2. The van der Waals surface area contributed by atoms with Gasteiger partial charge in [-0.1, -0.05) is 179 Å². The number of para-hydroxylation sites is 3. The summed E-state index contributed by atoms with van der Waals surface area (Å²) in [4.78, 5) is 5.14. The van der Waals surface area contributed by atoms with E-state index in [1.54, 1.807) is 0 Å². The first-order valence-electron chi connectivity index (χ1n) is 21.6. The second-order valence-corrected chi connectivity index (χ2v) is 18.6. The number of anilines is 5. The lowest BCUT2D eigenvalue weighted by Gasteiger charge is -2.54. The van der Waals surface area contributed by atoms with Gasteiger partial charge >= 0.3 is 0 Å². The van der Waals surface area contributed by atoms with E-state index in [4.69, 9.17) is 0 Å². The molecule has 2 spiro atoms. The van der Waals surface area contributed by atoms with Crippen LogP contribution in [0, 0.1) is 5.41 Å². The molecule has 0 bridgehead atoms. The standard InChI is InChI=1S/C58H48N2/c1-55(2)47-22-10-14-26-53(47)60(54-27-15-11-23-48(54)55)42-33-31-40-29-28-39-30-32-41(59-38-57(34-16-5-17-35-57)56(3,4)49-24-12-13-25-52(49)59)36-50(39)58(51(40)37-42)45-20-8-6-18-43(45)44-19-7-9-21-46(44)58/h5-34,36-37H,35,38H2,1-4H3. The SMILES string of the molecule is CC1(C)c2ccccc2N(c2ccc3c(c2)C2(c4cc(N5CC6(C=CC=CC6)C(C)(C)c6ccccc65)ccc4C=C3)c3ccccc3-c3ccccc32)c2ccccc21. The molecule has 3 aliphatic carbocycles. The zero-order valence-electron chi connectivity index (χ0n) is 34.8. The van der Waals surface area contributed by atoms with Gasteiger partial charge in [-0.05, 0) is 110 Å². The van der Waals surface area contributed by atoms with E-state index >= 15 is 0 Å². The van der Waals surface area contributed by atoms with Crippen LogP contribution < -0.4 is 9.80 Å². The van der Waals surface area contributed by atoms with Crippen molar-refractivity contribution >= 4 is 40.6 Å². The number of benzene rings is 7. The number of nitrogens with zero attached hydrogens (tertiary/aromatic N) is 2. The van der Waals surface area contributed by atoms with Gasteiger partial charge in [0.25, 0.3) is 0 Å². The molecule has 2 heterocycles. The van der Waals surface area contributed by atoms with Crippen LogP contribution in [-0.4, -0.2) is 6.54 Å². The molecule has 60 heavy (non-hydrogen) atoms. The fraction of sp³-hybridized carbons (Fsp3) is 0.172. The van der Waals surface area contributed by atoms with Crippen molar-refractivity contribution in [3.05, 3.63) is 232 Å². The molecule has 1 unspecified atom stereocenters. The maximum Gasteiger partial charge on any atom is 0.0726 e. The molecule has 2 heteroatoms. The Morgan fingerprint density at radius 3 is 1.53 bits per heavy atom. The minimum absolute atomic E-state index is 0.0451. The number of hydrogen-bond donors (Lipinski definition) is 0. The van der Waals surface area contributed by atoms with Gasteiger partial charge in [0, 0.05) is 39.9 Å². The third-order valence-electron chi connectivity index (χ3n) is 15.2. The van der Waals surface area contributed by atoms with E-state index in [0.717, 1.165) is 13.0 Å². The van der Waals surface area contributed by atoms with Crippen LogP contribution in [0.1, 0.15) is 84.2 Å². The van der Waals surface area contributed by atoms with Crippen molar-refractivity contribution in [2.75, 3.05) is 16.3 Å². The Hall–Kier alpha value is -6.64. The van der Waals surface area contributed by atoms with Crippen LogP contribution in [0.5, 0.6) is 0 Å². The van der Waals surface area contributed by atoms with Crippen molar-refractivity contribution in [2.24, 2.45) is 5.41 Å². The first kappa shape index (κ1) is 35.3. The van der Waals surface area contributed by atoms with E-state index in [0.29, 0.717) is 0 Å². The molecular formula is C58H48N2. The van der Waals surface area contributed by atoms with Crippen molar-refractivity contribution < 1.29 is 0 Å². The molecule has 0 saturated heterocycles. The molecule has 0 N–H and O–H groups in total. The van der Waals surface area contributed by atoms with Gasteiger partial charge in [0.1, 0.15) is 0 Å². The Labute approximate surface area is 354 Å². The normalized spacial score (nSPS) is 20.1. The molecular weight excluding hydrogens is 725 g/mol. The van der Waals surface area contributed by atoms with Crippen LogP contribution in [0.2, 0.25) is 0 Å². The third-order valence-corrected chi connectivity index (χ3v) is 15.2. The molecule has 7 aromatic carbocycles. The monoisotopic (exact) mass is 772 g/mol. The predicted molar refractivity (Wildman–Crippen MR) is 251 cm³/mol. The minimum Gasteiger partial charge on any atom is -0.340 e. The molecule has 290 valence electrons. The van der Waals surface area contributed by atoms with Crippen LogP contribution in [0.4, 0.5) is 28.4 Å². The van der Waals surface area contributed by atoms with E-state index in [1.165, 1.54) is 89.6 Å². The predicted octanol–water partition coefficient (Wildman–Crippen LogP) is 14.6. The van der Waals surface area contributed by atoms with Gasteiger partial charge in [-0.25, -0.2) is 0 Å².